The van der Waals surface area contributed by atoms with Crippen molar-refractivity contribution in [3.63, 3.8) is 0 Å². The normalized spacial score (nSPS) is 11.0. The standard InChI is InChI=1S/C17H32O4.Ca.2H/c1-3-5-6-7-8-9-10-11-12-13-14-17(4-2,15(18)19)16(20)21;;;/h3-14H2,1-2H3,(H,18,19)(H,20,21);;;/q;+2;2*-1. The SMILES string of the molecule is CCCCCCCCCCCCC(CC)(C(=O)O)C(=O)O.[Ca+2].[H-].[H-]. The molecule has 0 saturated carbocycles. The molecule has 0 aliphatic rings. The van der Waals surface area contributed by atoms with Crippen LogP contribution in [0.5, 0.6) is 0 Å². The molecule has 0 spiro atoms. The number of carboxylic acid groups (broad SMARTS) is 2. The van der Waals surface area contributed by atoms with E-state index in [1.54, 1.807) is 6.92 Å². The van der Waals surface area contributed by atoms with E-state index in [0.717, 1.165) is 12.8 Å². The molecule has 0 amide bonds. The van der Waals surface area contributed by atoms with E-state index >= 15 is 0 Å². The summed E-state index contributed by atoms with van der Waals surface area (Å²) in [5.74, 6) is -2.40. The Balaban J connectivity index is -0.000000667. The van der Waals surface area contributed by atoms with E-state index in [1.807, 2.05) is 0 Å². The topological polar surface area (TPSA) is 74.6 Å². The number of aliphatic carboxylic acids is 2. The van der Waals surface area contributed by atoms with Crippen molar-refractivity contribution in [3.05, 3.63) is 0 Å². The maximum absolute atomic E-state index is 11.2. The van der Waals surface area contributed by atoms with Gasteiger partial charge in [0, 0.05) is 0 Å². The third kappa shape index (κ3) is 9.36. The first-order valence-electron chi connectivity index (χ1n) is 8.48. The Hall–Kier alpha value is 0.200. The summed E-state index contributed by atoms with van der Waals surface area (Å²) in [6, 6.07) is 0. The molecular formula is C17H34CaO4. The molecule has 0 rings (SSSR count). The summed E-state index contributed by atoms with van der Waals surface area (Å²) in [4.78, 5) is 22.4. The first-order chi connectivity index (χ1) is 10.0. The van der Waals surface area contributed by atoms with E-state index in [0.29, 0.717) is 6.42 Å². The van der Waals surface area contributed by atoms with Gasteiger partial charge in [-0.2, -0.15) is 0 Å². The van der Waals surface area contributed by atoms with Gasteiger partial charge in [0.05, 0.1) is 0 Å². The smallest absolute Gasteiger partial charge is 1.00 e. The first-order valence-corrected chi connectivity index (χ1v) is 8.48. The van der Waals surface area contributed by atoms with Crippen LogP contribution in [0.15, 0.2) is 0 Å². The van der Waals surface area contributed by atoms with Gasteiger partial charge in [0.1, 0.15) is 0 Å². The van der Waals surface area contributed by atoms with Gasteiger partial charge in [-0.05, 0) is 12.8 Å². The number of carboxylic acids is 2. The van der Waals surface area contributed by atoms with E-state index < -0.39 is 17.4 Å². The quantitative estimate of drug-likeness (QED) is 0.272. The summed E-state index contributed by atoms with van der Waals surface area (Å²) in [6.45, 7) is 3.85. The number of rotatable bonds is 14. The molecule has 22 heavy (non-hydrogen) atoms. The molecular weight excluding hydrogens is 308 g/mol. The zero-order chi connectivity index (χ0) is 16.1. The van der Waals surface area contributed by atoms with E-state index in [4.69, 9.17) is 10.2 Å². The minimum Gasteiger partial charge on any atom is -1.00 e. The monoisotopic (exact) mass is 342 g/mol. The third-order valence-electron chi connectivity index (χ3n) is 4.38. The van der Waals surface area contributed by atoms with Crippen LogP contribution in [0.4, 0.5) is 0 Å². The van der Waals surface area contributed by atoms with Crippen molar-refractivity contribution < 1.29 is 22.7 Å². The van der Waals surface area contributed by atoms with Crippen molar-refractivity contribution in [2.75, 3.05) is 0 Å². The van der Waals surface area contributed by atoms with Crippen molar-refractivity contribution in [2.45, 2.75) is 90.9 Å². The van der Waals surface area contributed by atoms with Crippen LogP contribution in [-0.2, 0) is 9.59 Å². The molecule has 0 radical (unpaired) electrons. The zero-order valence-corrected chi connectivity index (χ0v) is 16.6. The molecule has 0 aromatic heterocycles. The fraction of sp³-hybridized carbons (Fsp3) is 0.882. The Labute approximate surface area is 168 Å². The van der Waals surface area contributed by atoms with E-state index in [2.05, 4.69) is 6.92 Å². The molecule has 0 unspecified atom stereocenters. The molecule has 0 aliphatic heterocycles. The number of hydrogen-bond donors (Lipinski definition) is 2. The van der Waals surface area contributed by atoms with Gasteiger partial charge in [-0.25, -0.2) is 0 Å². The van der Waals surface area contributed by atoms with Gasteiger partial charge in [-0.3, -0.25) is 9.59 Å². The minimum atomic E-state index is -1.58. The average molecular weight is 343 g/mol. The molecule has 0 bridgehead atoms. The molecule has 0 fully saturated rings. The molecule has 4 nitrogen and oxygen atoms in total. The fourth-order valence-electron chi connectivity index (χ4n) is 2.70. The van der Waals surface area contributed by atoms with Crippen LogP contribution in [0, 0.1) is 5.41 Å². The molecule has 0 saturated heterocycles. The Morgan fingerprint density at radius 1 is 0.773 bits per heavy atom. The Morgan fingerprint density at radius 2 is 1.14 bits per heavy atom. The van der Waals surface area contributed by atoms with Gasteiger partial charge < -0.3 is 13.1 Å². The molecule has 0 atom stereocenters. The fourth-order valence-corrected chi connectivity index (χ4v) is 2.70. The largest absolute Gasteiger partial charge is 2.00 e. The second-order valence-electron chi connectivity index (χ2n) is 5.98. The van der Waals surface area contributed by atoms with E-state index in [1.165, 1.54) is 44.9 Å². The number of unbranched alkanes of at least 4 members (excludes halogenated alkanes) is 9. The zero-order valence-electron chi connectivity index (χ0n) is 16.4. The van der Waals surface area contributed by atoms with E-state index in [9.17, 15) is 9.59 Å². The van der Waals surface area contributed by atoms with Crippen LogP contribution in [0.25, 0.3) is 0 Å². The number of carbonyl (C=O) groups is 2. The van der Waals surface area contributed by atoms with Crippen molar-refractivity contribution in [3.8, 4) is 0 Å². The predicted octanol–water partition coefficient (Wildman–Crippen LogP) is 4.71. The van der Waals surface area contributed by atoms with Gasteiger partial charge in [0.15, 0.2) is 5.41 Å². The van der Waals surface area contributed by atoms with Crippen LogP contribution in [0.3, 0.4) is 0 Å². The summed E-state index contributed by atoms with van der Waals surface area (Å²) in [5.41, 5.74) is -1.58. The molecule has 2 N–H and O–H groups in total. The van der Waals surface area contributed by atoms with Gasteiger partial charge in [0.25, 0.3) is 0 Å². The first kappa shape index (κ1) is 24.5. The maximum Gasteiger partial charge on any atom is 2.00 e. The molecule has 0 heterocycles. The van der Waals surface area contributed by atoms with E-state index in [-0.39, 0.29) is 53.4 Å². The molecule has 0 aromatic rings. The Morgan fingerprint density at radius 3 is 1.45 bits per heavy atom. The van der Waals surface area contributed by atoms with Crippen molar-refractivity contribution in [1.29, 1.82) is 0 Å². The van der Waals surface area contributed by atoms with Crippen molar-refractivity contribution in [1.82, 2.24) is 0 Å². The van der Waals surface area contributed by atoms with Gasteiger partial charge in [0.2, 0.25) is 0 Å². The Kier molecular flexibility index (Phi) is 16.4. The third-order valence-corrected chi connectivity index (χ3v) is 4.38. The van der Waals surface area contributed by atoms with Gasteiger partial charge in [-0.1, -0.05) is 78.1 Å². The van der Waals surface area contributed by atoms with Crippen LogP contribution >= 0.6 is 0 Å². The summed E-state index contributed by atoms with van der Waals surface area (Å²) < 4.78 is 0. The summed E-state index contributed by atoms with van der Waals surface area (Å²) in [5, 5.41) is 18.3. The van der Waals surface area contributed by atoms with Crippen LogP contribution in [0.2, 0.25) is 0 Å². The Bertz CT molecular complexity index is 301. The number of hydrogen-bond acceptors (Lipinski definition) is 2. The summed E-state index contributed by atoms with van der Waals surface area (Å²) >= 11 is 0. The average Bonchev–Trinajstić information content (AvgIpc) is 2.44. The minimum absolute atomic E-state index is 0. The van der Waals surface area contributed by atoms with Crippen LogP contribution < -0.4 is 0 Å². The maximum atomic E-state index is 11.2. The molecule has 0 aliphatic carbocycles. The van der Waals surface area contributed by atoms with Gasteiger partial charge >= 0.3 is 49.7 Å². The molecule has 5 heteroatoms. The van der Waals surface area contributed by atoms with Crippen LogP contribution in [0.1, 0.15) is 93.8 Å². The van der Waals surface area contributed by atoms with Gasteiger partial charge in [-0.15, -0.1) is 0 Å². The molecule has 128 valence electrons. The summed E-state index contributed by atoms with van der Waals surface area (Å²) in [6.07, 6.45) is 12.0. The van der Waals surface area contributed by atoms with Crippen molar-refractivity contribution >= 4 is 49.7 Å². The second kappa shape index (κ2) is 14.8. The predicted molar refractivity (Wildman–Crippen MR) is 92.4 cm³/mol. The van der Waals surface area contributed by atoms with Crippen molar-refractivity contribution in [2.24, 2.45) is 5.41 Å². The molecule has 0 aromatic carbocycles. The van der Waals surface area contributed by atoms with Crippen LogP contribution in [-0.4, -0.2) is 59.9 Å². The second-order valence-corrected chi connectivity index (χ2v) is 5.98. The summed E-state index contributed by atoms with van der Waals surface area (Å²) in [7, 11) is 0.